The van der Waals surface area contributed by atoms with Gasteiger partial charge in [0, 0.05) is 12.6 Å². The Bertz CT molecular complexity index is 324. The van der Waals surface area contributed by atoms with E-state index in [1.165, 1.54) is 25.9 Å². The topological polar surface area (TPSA) is 43.8 Å². The van der Waals surface area contributed by atoms with Crippen LogP contribution >= 0.6 is 0 Å². The average Bonchev–Trinajstić information content (AvgIpc) is 2.85. The van der Waals surface area contributed by atoms with Gasteiger partial charge >= 0.3 is 5.97 Å². The SMILES string of the molecule is CCN1CCC(N2CCC(C(=O)O)(C(C)C)C2)CC1. The maximum absolute atomic E-state index is 11.7. The van der Waals surface area contributed by atoms with Crippen molar-refractivity contribution in [3.05, 3.63) is 0 Å². The molecule has 0 aliphatic carbocycles. The highest BCUT2D eigenvalue weighted by Gasteiger charge is 2.48. The van der Waals surface area contributed by atoms with E-state index in [9.17, 15) is 9.90 Å². The van der Waals surface area contributed by atoms with E-state index in [4.69, 9.17) is 0 Å². The van der Waals surface area contributed by atoms with Crippen LogP contribution in [0.2, 0.25) is 0 Å². The second-order valence-electron chi connectivity index (χ2n) is 6.50. The van der Waals surface area contributed by atoms with Gasteiger partial charge in [0.1, 0.15) is 0 Å². The van der Waals surface area contributed by atoms with E-state index in [1.54, 1.807) is 0 Å². The van der Waals surface area contributed by atoms with Gasteiger partial charge in [0.05, 0.1) is 5.41 Å². The Balaban J connectivity index is 1.96. The first-order valence-corrected chi connectivity index (χ1v) is 7.69. The number of nitrogens with zero attached hydrogens (tertiary/aromatic N) is 2. The molecule has 1 unspecified atom stereocenters. The van der Waals surface area contributed by atoms with Gasteiger partial charge in [-0.05, 0) is 51.4 Å². The molecular weight excluding hydrogens is 240 g/mol. The predicted octanol–water partition coefficient (Wildman–Crippen LogP) is 1.90. The third-order valence-corrected chi connectivity index (χ3v) is 5.38. The molecule has 4 nitrogen and oxygen atoms in total. The van der Waals surface area contributed by atoms with E-state index in [-0.39, 0.29) is 5.92 Å². The third-order valence-electron chi connectivity index (χ3n) is 5.38. The van der Waals surface area contributed by atoms with Gasteiger partial charge in [-0.25, -0.2) is 0 Å². The Morgan fingerprint density at radius 3 is 2.37 bits per heavy atom. The van der Waals surface area contributed by atoms with Gasteiger partial charge in [0.2, 0.25) is 0 Å². The maximum Gasteiger partial charge on any atom is 0.311 e. The number of carbonyl (C=O) groups is 1. The summed E-state index contributed by atoms with van der Waals surface area (Å²) in [6, 6.07) is 0.600. The van der Waals surface area contributed by atoms with E-state index in [2.05, 4.69) is 30.6 Å². The van der Waals surface area contributed by atoms with Crippen LogP contribution in [0, 0.1) is 11.3 Å². The number of hydrogen-bond acceptors (Lipinski definition) is 3. The van der Waals surface area contributed by atoms with Crippen molar-refractivity contribution in [2.75, 3.05) is 32.7 Å². The van der Waals surface area contributed by atoms with E-state index in [0.717, 1.165) is 26.1 Å². The van der Waals surface area contributed by atoms with Crippen LogP contribution in [0.1, 0.15) is 40.0 Å². The van der Waals surface area contributed by atoms with Crippen LogP contribution in [0.3, 0.4) is 0 Å². The second-order valence-corrected chi connectivity index (χ2v) is 6.50. The molecule has 0 aromatic rings. The van der Waals surface area contributed by atoms with Crippen molar-refractivity contribution in [3.8, 4) is 0 Å². The molecule has 2 aliphatic rings. The molecule has 0 saturated carbocycles. The molecule has 0 aromatic carbocycles. The fraction of sp³-hybridized carbons (Fsp3) is 0.933. The van der Waals surface area contributed by atoms with E-state index < -0.39 is 11.4 Å². The minimum absolute atomic E-state index is 0.214. The van der Waals surface area contributed by atoms with Crippen LogP contribution in [0.4, 0.5) is 0 Å². The molecule has 1 N–H and O–H groups in total. The molecule has 0 amide bonds. The highest BCUT2D eigenvalue weighted by molar-refractivity contribution is 5.75. The van der Waals surface area contributed by atoms with Crippen LogP contribution in [-0.2, 0) is 4.79 Å². The Morgan fingerprint density at radius 2 is 1.95 bits per heavy atom. The molecular formula is C15H28N2O2. The monoisotopic (exact) mass is 268 g/mol. The lowest BCUT2D eigenvalue weighted by Gasteiger charge is -2.37. The van der Waals surface area contributed by atoms with Gasteiger partial charge in [-0.1, -0.05) is 20.8 Å². The summed E-state index contributed by atoms with van der Waals surface area (Å²) in [4.78, 5) is 16.6. The van der Waals surface area contributed by atoms with Crippen molar-refractivity contribution in [2.45, 2.75) is 46.1 Å². The molecule has 19 heavy (non-hydrogen) atoms. The minimum Gasteiger partial charge on any atom is -0.481 e. The summed E-state index contributed by atoms with van der Waals surface area (Å²) in [5.41, 5.74) is -0.512. The maximum atomic E-state index is 11.7. The highest BCUT2D eigenvalue weighted by atomic mass is 16.4. The molecule has 0 radical (unpaired) electrons. The fourth-order valence-electron chi connectivity index (χ4n) is 3.67. The van der Waals surface area contributed by atoms with Crippen molar-refractivity contribution >= 4 is 5.97 Å². The molecule has 0 spiro atoms. The normalized spacial score (nSPS) is 31.2. The van der Waals surface area contributed by atoms with Crippen LogP contribution < -0.4 is 0 Å². The van der Waals surface area contributed by atoms with Crippen LogP contribution in [0.15, 0.2) is 0 Å². The second kappa shape index (κ2) is 5.80. The lowest BCUT2D eigenvalue weighted by Crippen LogP contribution is -2.46. The average molecular weight is 268 g/mol. The van der Waals surface area contributed by atoms with Gasteiger partial charge in [-0.2, -0.15) is 0 Å². The van der Waals surface area contributed by atoms with E-state index in [0.29, 0.717) is 6.04 Å². The largest absolute Gasteiger partial charge is 0.481 e. The summed E-state index contributed by atoms with van der Waals surface area (Å²) >= 11 is 0. The molecule has 0 bridgehead atoms. The van der Waals surface area contributed by atoms with Crippen LogP contribution in [-0.4, -0.2) is 59.6 Å². The van der Waals surface area contributed by atoms with Gasteiger partial charge in [-0.15, -0.1) is 0 Å². The molecule has 110 valence electrons. The standard InChI is InChI=1S/C15H28N2O2/c1-4-16-8-5-13(6-9-16)17-10-7-15(11-17,12(2)3)14(18)19/h12-13H,4-11H2,1-3H3,(H,18,19). The first kappa shape index (κ1) is 14.8. The Labute approximate surface area is 116 Å². The summed E-state index contributed by atoms with van der Waals surface area (Å²) in [6.45, 7) is 11.5. The smallest absolute Gasteiger partial charge is 0.311 e. The van der Waals surface area contributed by atoms with Crippen LogP contribution in [0.5, 0.6) is 0 Å². The van der Waals surface area contributed by atoms with Gasteiger partial charge in [0.25, 0.3) is 0 Å². The Hall–Kier alpha value is -0.610. The number of aliphatic carboxylic acids is 1. The molecule has 2 heterocycles. The first-order chi connectivity index (χ1) is 8.99. The Morgan fingerprint density at radius 1 is 1.32 bits per heavy atom. The summed E-state index contributed by atoms with van der Waals surface area (Å²) in [7, 11) is 0. The third kappa shape index (κ3) is 2.79. The molecule has 4 heteroatoms. The number of carboxylic acid groups (broad SMARTS) is 1. The van der Waals surface area contributed by atoms with Crippen molar-refractivity contribution in [2.24, 2.45) is 11.3 Å². The Kier molecular flexibility index (Phi) is 4.51. The quantitative estimate of drug-likeness (QED) is 0.846. The zero-order valence-corrected chi connectivity index (χ0v) is 12.6. The molecule has 2 rings (SSSR count). The summed E-state index contributed by atoms with van der Waals surface area (Å²) in [5, 5.41) is 9.60. The number of piperidine rings is 1. The zero-order valence-electron chi connectivity index (χ0n) is 12.6. The molecule has 2 fully saturated rings. The summed E-state index contributed by atoms with van der Waals surface area (Å²) < 4.78 is 0. The number of likely N-dealkylation sites (tertiary alicyclic amines) is 2. The first-order valence-electron chi connectivity index (χ1n) is 7.69. The van der Waals surface area contributed by atoms with Crippen LogP contribution in [0.25, 0.3) is 0 Å². The van der Waals surface area contributed by atoms with Crippen molar-refractivity contribution in [3.63, 3.8) is 0 Å². The number of hydrogen-bond donors (Lipinski definition) is 1. The summed E-state index contributed by atoms with van der Waals surface area (Å²) in [5.74, 6) is -0.387. The fourth-order valence-corrected chi connectivity index (χ4v) is 3.67. The molecule has 1 atom stereocenters. The van der Waals surface area contributed by atoms with Crippen molar-refractivity contribution < 1.29 is 9.90 Å². The van der Waals surface area contributed by atoms with Gasteiger partial charge in [-0.3, -0.25) is 9.69 Å². The number of rotatable bonds is 4. The predicted molar refractivity (Wildman–Crippen MR) is 76.2 cm³/mol. The highest BCUT2D eigenvalue weighted by Crippen LogP contribution is 2.40. The van der Waals surface area contributed by atoms with Crippen molar-refractivity contribution in [1.82, 2.24) is 9.80 Å². The van der Waals surface area contributed by atoms with E-state index in [1.807, 2.05) is 0 Å². The van der Waals surface area contributed by atoms with Crippen molar-refractivity contribution in [1.29, 1.82) is 0 Å². The summed E-state index contributed by atoms with van der Waals surface area (Å²) in [6.07, 6.45) is 3.21. The molecule has 2 aliphatic heterocycles. The molecule has 2 saturated heterocycles. The van der Waals surface area contributed by atoms with E-state index >= 15 is 0 Å². The lowest BCUT2D eigenvalue weighted by molar-refractivity contribution is -0.151. The van der Waals surface area contributed by atoms with Gasteiger partial charge in [0.15, 0.2) is 0 Å². The lowest BCUT2D eigenvalue weighted by atomic mass is 9.76. The minimum atomic E-state index is -0.601. The molecule has 0 aromatic heterocycles. The number of carboxylic acids is 1. The zero-order chi connectivity index (χ0) is 14.0. The van der Waals surface area contributed by atoms with Gasteiger partial charge < -0.3 is 10.0 Å².